The first-order valence-corrected chi connectivity index (χ1v) is 25.0. The van der Waals surface area contributed by atoms with Gasteiger partial charge in [-0.05, 0) is 177 Å². The van der Waals surface area contributed by atoms with Crippen LogP contribution in [0.15, 0.2) is 153 Å². The zero-order chi connectivity index (χ0) is 50.0. The Kier molecular flexibility index (Phi) is 21.5. The number of benzene rings is 6. The van der Waals surface area contributed by atoms with E-state index in [1.165, 1.54) is 113 Å². The Balaban J connectivity index is 0.922. The molecule has 6 aromatic carbocycles. The monoisotopic (exact) mass is 958 g/mol. The summed E-state index contributed by atoms with van der Waals surface area (Å²) in [6.45, 7) is 10.6. The Labute approximate surface area is 418 Å². The molecule has 10 nitrogen and oxygen atoms in total. The van der Waals surface area contributed by atoms with Crippen molar-refractivity contribution in [3.05, 3.63) is 181 Å². The summed E-state index contributed by atoms with van der Waals surface area (Å²) in [5, 5.41) is 1.57. The van der Waals surface area contributed by atoms with Gasteiger partial charge in [0.25, 0.3) is 0 Å². The quantitative estimate of drug-likeness (QED) is 0.0186. The van der Waals surface area contributed by atoms with Crippen LogP contribution in [0.1, 0.15) is 150 Å². The number of aryl methyl sites for hydroxylation is 1. The van der Waals surface area contributed by atoms with Crippen molar-refractivity contribution in [2.75, 3.05) is 13.2 Å². The summed E-state index contributed by atoms with van der Waals surface area (Å²) in [5.41, 5.74) is 1.93. The van der Waals surface area contributed by atoms with Gasteiger partial charge >= 0.3 is 23.9 Å². The van der Waals surface area contributed by atoms with Gasteiger partial charge in [0.15, 0.2) is 0 Å². The molecule has 0 bridgehead atoms. The normalized spacial score (nSPS) is 10.8. The first kappa shape index (κ1) is 52.9. The number of unbranched alkanes of at least 4 members (excludes halogenated alkanes) is 14. The molecule has 0 aliphatic carbocycles. The van der Waals surface area contributed by atoms with Crippen LogP contribution in [0.25, 0.3) is 10.8 Å². The second-order valence-electron chi connectivity index (χ2n) is 17.5. The molecule has 71 heavy (non-hydrogen) atoms. The lowest BCUT2D eigenvalue weighted by atomic mass is 10.0. The van der Waals surface area contributed by atoms with Crippen molar-refractivity contribution in [2.24, 2.45) is 0 Å². The summed E-state index contributed by atoms with van der Waals surface area (Å²) in [7, 11) is 0. The number of hydrogen-bond acceptors (Lipinski definition) is 10. The molecule has 0 heterocycles. The van der Waals surface area contributed by atoms with Crippen molar-refractivity contribution in [3.63, 3.8) is 0 Å². The van der Waals surface area contributed by atoms with Crippen molar-refractivity contribution in [1.29, 1.82) is 0 Å². The number of esters is 4. The average molecular weight is 959 g/mol. The van der Waals surface area contributed by atoms with Gasteiger partial charge in [-0.1, -0.05) is 88.5 Å². The summed E-state index contributed by atoms with van der Waals surface area (Å²) >= 11 is 0. The van der Waals surface area contributed by atoms with Gasteiger partial charge in [0.05, 0.1) is 35.5 Å². The maximum Gasteiger partial charge on any atom is 0.343 e. The number of carbonyl (C=O) groups is 4. The lowest BCUT2D eigenvalue weighted by Gasteiger charge is -2.12. The van der Waals surface area contributed by atoms with Crippen molar-refractivity contribution in [3.8, 4) is 34.5 Å². The highest BCUT2D eigenvalue weighted by Gasteiger charge is 2.17. The summed E-state index contributed by atoms with van der Waals surface area (Å²) in [6, 6.07) is 34.7. The largest absolute Gasteiger partial charge is 0.494 e. The van der Waals surface area contributed by atoms with Crippen molar-refractivity contribution in [1.82, 2.24) is 0 Å². The van der Waals surface area contributed by atoms with Crippen LogP contribution >= 0.6 is 0 Å². The van der Waals surface area contributed by atoms with Gasteiger partial charge in [-0.2, -0.15) is 0 Å². The van der Waals surface area contributed by atoms with Crippen LogP contribution < -0.4 is 28.4 Å². The van der Waals surface area contributed by atoms with Gasteiger partial charge in [0.2, 0.25) is 0 Å². The van der Waals surface area contributed by atoms with E-state index in [0.717, 1.165) is 49.3 Å². The van der Waals surface area contributed by atoms with Gasteiger partial charge in [-0.15, -0.1) is 13.2 Å². The molecule has 0 saturated heterocycles. The second-order valence-corrected chi connectivity index (χ2v) is 17.5. The molecule has 0 atom stereocenters. The van der Waals surface area contributed by atoms with Gasteiger partial charge in [-0.3, -0.25) is 0 Å². The average Bonchev–Trinajstić information content (AvgIpc) is 3.39. The molecule has 6 rings (SSSR count). The van der Waals surface area contributed by atoms with Gasteiger partial charge < -0.3 is 28.4 Å². The Hall–Kier alpha value is -7.46. The minimum absolute atomic E-state index is 0.257. The Morgan fingerprint density at radius 2 is 0.704 bits per heavy atom. The second kappa shape index (κ2) is 28.9. The van der Waals surface area contributed by atoms with Crippen LogP contribution in [-0.2, 0) is 0 Å². The third kappa shape index (κ3) is 17.5. The first-order valence-electron chi connectivity index (χ1n) is 25.0. The predicted octanol–water partition coefficient (Wildman–Crippen LogP) is 15.4. The van der Waals surface area contributed by atoms with Crippen molar-refractivity contribution >= 4 is 34.6 Å². The van der Waals surface area contributed by atoms with Crippen molar-refractivity contribution in [2.45, 2.75) is 110 Å². The standard InChI is InChI=1S/C61H66O10/c1-4-6-8-10-12-14-16-18-20-42-66-51-32-23-47(24-33-51)58(62)68-53-36-27-49(28-37-53)60(64)70-55-40-22-46-31-41-57(45(3)56(46)44-55)71-61(65)50-29-38-54(39-30-50)69-59(63)48-25-34-52(35-26-48)67-43-21-19-17-15-13-11-9-7-5-2/h4-5,22-41,44H,1-2,6-21,42-43H2,3H3. The Morgan fingerprint density at radius 3 is 1.11 bits per heavy atom. The fourth-order valence-electron chi connectivity index (χ4n) is 7.88. The zero-order valence-corrected chi connectivity index (χ0v) is 41.0. The molecule has 0 unspecified atom stereocenters. The van der Waals surface area contributed by atoms with Crippen LogP contribution in [0.5, 0.6) is 34.5 Å². The van der Waals surface area contributed by atoms with E-state index in [1.54, 1.807) is 66.7 Å². The third-order valence-electron chi connectivity index (χ3n) is 12.0. The van der Waals surface area contributed by atoms with Gasteiger partial charge in [-0.25, -0.2) is 19.2 Å². The van der Waals surface area contributed by atoms with Gasteiger partial charge in [0, 0.05) is 0 Å². The molecule has 0 saturated carbocycles. The van der Waals surface area contributed by atoms with Crippen LogP contribution in [0, 0.1) is 6.92 Å². The molecule has 0 radical (unpaired) electrons. The first-order chi connectivity index (χ1) is 34.7. The van der Waals surface area contributed by atoms with E-state index in [1.807, 2.05) is 31.2 Å². The van der Waals surface area contributed by atoms with E-state index in [-0.39, 0.29) is 22.6 Å². The predicted molar refractivity (Wildman–Crippen MR) is 280 cm³/mol. The van der Waals surface area contributed by atoms with E-state index in [9.17, 15) is 19.2 Å². The Morgan fingerprint density at radius 1 is 0.380 bits per heavy atom. The maximum absolute atomic E-state index is 13.3. The lowest BCUT2D eigenvalue weighted by Crippen LogP contribution is -2.11. The smallest absolute Gasteiger partial charge is 0.343 e. The van der Waals surface area contributed by atoms with E-state index < -0.39 is 23.9 Å². The molecule has 0 aliphatic rings. The van der Waals surface area contributed by atoms with E-state index in [0.29, 0.717) is 52.9 Å². The van der Waals surface area contributed by atoms with E-state index in [2.05, 4.69) is 13.2 Å². The van der Waals surface area contributed by atoms with Crippen LogP contribution in [0.2, 0.25) is 0 Å². The molecule has 0 N–H and O–H groups in total. The minimum atomic E-state index is -0.605. The number of carbonyl (C=O) groups excluding carboxylic acids is 4. The zero-order valence-electron chi connectivity index (χ0n) is 41.0. The topological polar surface area (TPSA) is 124 Å². The van der Waals surface area contributed by atoms with Crippen LogP contribution in [-0.4, -0.2) is 37.1 Å². The third-order valence-corrected chi connectivity index (χ3v) is 12.0. The molecule has 0 amide bonds. The summed E-state index contributed by atoms with van der Waals surface area (Å²) < 4.78 is 34.4. The molecule has 0 aliphatic heterocycles. The summed E-state index contributed by atoms with van der Waals surface area (Å²) in [4.78, 5) is 52.2. The Bertz CT molecular complexity index is 2640. The number of fused-ring (bicyclic) bond motifs is 1. The molecule has 10 heteroatoms. The summed E-state index contributed by atoms with van der Waals surface area (Å²) in [5.74, 6) is 0.293. The number of hydrogen-bond donors (Lipinski definition) is 0. The minimum Gasteiger partial charge on any atom is -0.494 e. The maximum atomic E-state index is 13.3. The highest BCUT2D eigenvalue weighted by molar-refractivity contribution is 5.96. The number of allylic oxidation sites excluding steroid dienone is 2. The highest BCUT2D eigenvalue weighted by atomic mass is 16.5. The molecule has 0 spiro atoms. The SMILES string of the molecule is C=CCCCCCCCCCOc1ccc(C(=O)Oc2ccc(C(=O)Oc3ccc4ccc(OC(=O)c5ccc(OC(=O)c6ccc(OCCCCCCCCCC=C)cc6)cc5)c(C)c4c3)cc2)cc1. The van der Waals surface area contributed by atoms with Crippen molar-refractivity contribution < 1.29 is 47.6 Å². The van der Waals surface area contributed by atoms with Crippen LogP contribution in [0.3, 0.4) is 0 Å². The summed E-state index contributed by atoms with van der Waals surface area (Å²) in [6.07, 6.45) is 22.7. The number of rotatable bonds is 30. The fourth-order valence-corrected chi connectivity index (χ4v) is 7.88. The highest BCUT2D eigenvalue weighted by Crippen LogP contribution is 2.32. The fraction of sp³-hybridized carbons (Fsp3) is 0.311. The number of ether oxygens (including phenoxy) is 6. The van der Waals surface area contributed by atoms with E-state index >= 15 is 0 Å². The molecular weight excluding hydrogens is 893 g/mol. The molecule has 370 valence electrons. The molecule has 0 aromatic heterocycles. The molecule has 6 aromatic rings. The molecule has 0 fully saturated rings. The van der Waals surface area contributed by atoms with Gasteiger partial charge in [0.1, 0.15) is 34.5 Å². The lowest BCUT2D eigenvalue weighted by molar-refractivity contribution is 0.0720. The molecular formula is C61H66O10. The van der Waals surface area contributed by atoms with E-state index in [4.69, 9.17) is 28.4 Å². The van der Waals surface area contributed by atoms with Crippen LogP contribution in [0.4, 0.5) is 0 Å².